The second-order valence-electron chi connectivity index (χ2n) is 9.68. The highest BCUT2D eigenvalue weighted by Crippen LogP contribution is 2.54. The largest absolute Gasteiger partial charge is 0.508 e. The standard InChI is InChI=1S/C25H31N3O8/c1-5-27-9-11-8-14(29)16-12(21(11)36-4)6-10-7-13-18(28(2)3)20(31)17(24(26)34)23(33)25(13,35)22(32)15(10)19(16)30/h8,10,13,18,27,29-30,33,35H,5-7,9H2,1-4H3,(H2,26,34)/t10-,13-,18-,25-/m0/s1. The van der Waals surface area contributed by atoms with Crippen molar-refractivity contribution in [1.29, 1.82) is 0 Å². The van der Waals surface area contributed by atoms with Crippen molar-refractivity contribution in [3.8, 4) is 11.5 Å². The van der Waals surface area contributed by atoms with Gasteiger partial charge in [0.15, 0.2) is 11.4 Å². The number of likely N-dealkylation sites (N-methyl/N-ethyl adjacent to an activating group) is 1. The van der Waals surface area contributed by atoms with Crippen molar-refractivity contribution >= 4 is 23.2 Å². The number of amides is 1. The van der Waals surface area contributed by atoms with Gasteiger partial charge in [-0.2, -0.15) is 0 Å². The number of hydrogen-bond acceptors (Lipinski definition) is 10. The Balaban J connectivity index is 1.95. The second kappa shape index (κ2) is 8.91. The normalized spacial score (nSPS) is 27.7. The molecule has 11 nitrogen and oxygen atoms in total. The molecule has 0 aliphatic heterocycles. The maximum Gasteiger partial charge on any atom is 0.255 e. The van der Waals surface area contributed by atoms with Gasteiger partial charge in [0.2, 0.25) is 5.78 Å². The van der Waals surface area contributed by atoms with E-state index in [1.165, 1.54) is 18.1 Å². The van der Waals surface area contributed by atoms with Gasteiger partial charge in [0, 0.05) is 29.2 Å². The number of Topliss-reactive ketones (excluding diaryl/α,β-unsaturated/α-hetero) is 2. The highest BCUT2D eigenvalue weighted by molar-refractivity contribution is 6.24. The second-order valence-corrected chi connectivity index (χ2v) is 9.68. The van der Waals surface area contributed by atoms with Gasteiger partial charge in [0.05, 0.1) is 18.7 Å². The third-order valence-electron chi connectivity index (χ3n) is 7.52. The van der Waals surface area contributed by atoms with Crippen molar-refractivity contribution in [1.82, 2.24) is 10.2 Å². The van der Waals surface area contributed by atoms with Gasteiger partial charge in [-0.15, -0.1) is 0 Å². The van der Waals surface area contributed by atoms with Crippen LogP contribution in [0.5, 0.6) is 11.5 Å². The quantitative estimate of drug-likeness (QED) is 0.292. The maximum absolute atomic E-state index is 13.8. The Morgan fingerprint density at radius 3 is 2.50 bits per heavy atom. The summed E-state index contributed by atoms with van der Waals surface area (Å²) in [6.45, 7) is 3.01. The number of aliphatic hydroxyl groups excluding tert-OH is 2. The van der Waals surface area contributed by atoms with E-state index in [2.05, 4.69) is 5.32 Å². The van der Waals surface area contributed by atoms with Gasteiger partial charge >= 0.3 is 0 Å². The van der Waals surface area contributed by atoms with Gasteiger partial charge in [0.25, 0.3) is 5.91 Å². The van der Waals surface area contributed by atoms with Gasteiger partial charge in [-0.25, -0.2) is 0 Å². The summed E-state index contributed by atoms with van der Waals surface area (Å²) in [6.07, 6.45) is 0.193. The Morgan fingerprint density at radius 1 is 1.28 bits per heavy atom. The van der Waals surface area contributed by atoms with Crippen LogP contribution in [-0.4, -0.2) is 82.2 Å². The number of nitrogens with zero attached hydrogens (tertiary/aromatic N) is 1. The van der Waals surface area contributed by atoms with Crippen LogP contribution in [0, 0.1) is 11.8 Å². The van der Waals surface area contributed by atoms with Gasteiger partial charge in [-0.1, -0.05) is 6.92 Å². The van der Waals surface area contributed by atoms with Crippen LogP contribution in [0.3, 0.4) is 0 Å². The Kier molecular flexibility index (Phi) is 6.36. The average Bonchev–Trinajstić information content (AvgIpc) is 2.79. The van der Waals surface area contributed by atoms with Crippen LogP contribution in [0.4, 0.5) is 0 Å². The fourth-order valence-corrected chi connectivity index (χ4v) is 6.00. The molecule has 1 saturated carbocycles. The van der Waals surface area contributed by atoms with Crippen LogP contribution in [0.15, 0.2) is 23.0 Å². The summed E-state index contributed by atoms with van der Waals surface area (Å²) >= 11 is 0. The summed E-state index contributed by atoms with van der Waals surface area (Å²) in [7, 11) is 4.59. The van der Waals surface area contributed by atoms with Gasteiger partial charge in [0.1, 0.15) is 28.6 Å². The van der Waals surface area contributed by atoms with Gasteiger partial charge < -0.3 is 36.2 Å². The van der Waals surface area contributed by atoms with Crippen LogP contribution in [0.1, 0.15) is 30.0 Å². The number of phenols is 1. The van der Waals surface area contributed by atoms with Crippen molar-refractivity contribution in [3.63, 3.8) is 0 Å². The number of aromatic hydroxyl groups is 1. The number of ketones is 2. The molecule has 194 valence electrons. The summed E-state index contributed by atoms with van der Waals surface area (Å²) in [5.74, 6) is -6.36. The number of nitrogens with one attached hydrogen (secondary N) is 1. The number of ether oxygens (including phenoxy) is 1. The van der Waals surface area contributed by atoms with Crippen LogP contribution in [-0.2, 0) is 27.3 Å². The molecule has 0 heterocycles. The Morgan fingerprint density at radius 2 is 1.94 bits per heavy atom. The third-order valence-corrected chi connectivity index (χ3v) is 7.52. The van der Waals surface area contributed by atoms with Crippen LogP contribution in [0.25, 0.3) is 5.76 Å². The summed E-state index contributed by atoms with van der Waals surface area (Å²) in [4.78, 5) is 40.4. The molecule has 7 N–H and O–H groups in total. The van der Waals surface area contributed by atoms with Crippen LogP contribution < -0.4 is 15.8 Å². The summed E-state index contributed by atoms with van der Waals surface area (Å²) < 4.78 is 5.63. The van der Waals surface area contributed by atoms with Crippen molar-refractivity contribution in [2.45, 2.75) is 38.0 Å². The van der Waals surface area contributed by atoms with E-state index in [0.717, 1.165) is 0 Å². The molecule has 4 atom stereocenters. The Labute approximate surface area is 207 Å². The molecule has 4 rings (SSSR count). The number of methoxy groups -OCH3 is 1. The monoisotopic (exact) mass is 501 g/mol. The molecule has 0 unspecified atom stereocenters. The number of benzene rings is 1. The molecule has 3 aliphatic carbocycles. The molecule has 1 fully saturated rings. The smallest absolute Gasteiger partial charge is 0.255 e. The first-order valence-electron chi connectivity index (χ1n) is 11.7. The number of hydrogen-bond donors (Lipinski definition) is 6. The number of aliphatic hydroxyl groups is 3. The lowest BCUT2D eigenvalue weighted by Gasteiger charge is -2.50. The van der Waals surface area contributed by atoms with E-state index >= 15 is 0 Å². The first kappa shape index (κ1) is 25.7. The molecule has 11 heteroatoms. The molecule has 3 aliphatic rings. The molecular formula is C25H31N3O8. The number of phenolic OH excluding ortho intramolecular Hbond substituents is 1. The van der Waals surface area contributed by atoms with E-state index < -0.39 is 58.0 Å². The van der Waals surface area contributed by atoms with E-state index in [9.17, 15) is 34.8 Å². The Hall–Kier alpha value is -3.41. The van der Waals surface area contributed by atoms with Gasteiger partial charge in [-0.05, 0) is 45.5 Å². The SMILES string of the molecule is CCNCc1cc(O)c2c(c1OC)C[C@H]1C[C@H]3[C@H](N(C)C)C(=O)C(C(N)=O)=C(O)[C@@]3(O)C(=O)C1=C2O. The molecule has 1 aromatic rings. The predicted molar refractivity (Wildman–Crippen MR) is 128 cm³/mol. The van der Waals surface area contributed by atoms with Crippen molar-refractivity contribution in [2.75, 3.05) is 27.7 Å². The average molecular weight is 502 g/mol. The molecule has 0 radical (unpaired) electrons. The zero-order chi connectivity index (χ0) is 26.7. The number of primary amides is 1. The lowest BCUT2D eigenvalue weighted by atomic mass is 9.57. The first-order valence-corrected chi connectivity index (χ1v) is 11.7. The number of rotatable bonds is 6. The number of fused-ring (bicyclic) bond motifs is 3. The minimum atomic E-state index is -2.66. The fourth-order valence-electron chi connectivity index (χ4n) is 6.00. The highest BCUT2D eigenvalue weighted by Gasteiger charge is 2.64. The van der Waals surface area contributed by atoms with Crippen molar-refractivity contribution < 1.29 is 39.5 Å². The molecule has 0 saturated heterocycles. The predicted octanol–water partition coefficient (Wildman–Crippen LogP) is 0.0821. The lowest BCUT2D eigenvalue weighted by Crippen LogP contribution is -2.65. The fraction of sp³-hybridized carbons (Fsp3) is 0.480. The zero-order valence-corrected chi connectivity index (χ0v) is 20.6. The van der Waals surface area contributed by atoms with E-state index in [4.69, 9.17) is 10.5 Å². The minimum Gasteiger partial charge on any atom is -0.508 e. The number of carbonyl (C=O) groups excluding carboxylic acids is 3. The summed E-state index contributed by atoms with van der Waals surface area (Å²) in [5, 5.41) is 47.7. The highest BCUT2D eigenvalue weighted by atomic mass is 16.5. The molecular weight excluding hydrogens is 470 g/mol. The summed E-state index contributed by atoms with van der Waals surface area (Å²) in [6, 6.07) is 0.310. The molecule has 0 bridgehead atoms. The molecule has 0 aromatic heterocycles. The zero-order valence-electron chi connectivity index (χ0n) is 20.6. The lowest BCUT2D eigenvalue weighted by molar-refractivity contribution is -0.153. The van der Waals surface area contributed by atoms with E-state index in [-0.39, 0.29) is 29.7 Å². The summed E-state index contributed by atoms with van der Waals surface area (Å²) in [5.41, 5.74) is 2.80. The topological polar surface area (TPSA) is 183 Å². The minimum absolute atomic E-state index is 0.00314. The van der Waals surface area contributed by atoms with Crippen LogP contribution in [0.2, 0.25) is 0 Å². The molecule has 0 spiro atoms. The number of carbonyl (C=O) groups is 3. The van der Waals surface area contributed by atoms with Crippen LogP contribution >= 0.6 is 0 Å². The van der Waals surface area contributed by atoms with E-state index in [1.54, 1.807) is 14.1 Å². The Bertz CT molecular complexity index is 1230. The first-order chi connectivity index (χ1) is 16.9. The third kappa shape index (κ3) is 3.41. The molecule has 1 amide bonds. The molecule has 36 heavy (non-hydrogen) atoms. The van der Waals surface area contributed by atoms with Crippen molar-refractivity contribution in [3.05, 3.63) is 39.7 Å². The van der Waals surface area contributed by atoms with E-state index in [1.807, 2.05) is 6.92 Å². The van der Waals surface area contributed by atoms with E-state index in [0.29, 0.717) is 30.0 Å². The number of nitrogens with two attached hydrogens (primary N) is 1. The van der Waals surface area contributed by atoms with Crippen molar-refractivity contribution in [2.24, 2.45) is 17.6 Å². The maximum atomic E-state index is 13.8. The molecule has 1 aromatic carbocycles. The van der Waals surface area contributed by atoms with Gasteiger partial charge in [-0.3, -0.25) is 19.3 Å².